The van der Waals surface area contributed by atoms with Crippen LogP contribution in [-0.4, -0.2) is 13.9 Å². The Balaban J connectivity index is 1.72. The van der Waals surface area contributed by atoms with Crippen LogP contribution in [0, 0.1) is 13.8 Å². The summed E-state index contributed by atoms with van der Waals surface area (Å²) in [6.07, 6.45) is 1.02. The molecule has 0 saturated carbocycles. The van der Waals surface area contributed by atoms with Gasteiger partial charge in [0.15, 0.2) is 6.79 Å². The minimum absolute atomic E-state index is 0.260. The molecule has 33 heavy (non-hydrogen) atoms. The molecule has 168 valence electrons. The Labute approximate surface area is 200 Å². The molecule has 0 N–H and O–H groups in total. The third-order valence-corrected chi connectivity index (χ3v) is 9.74. The number of ether oxygens (including phenoxy) is 2. The van der Waals surface area contributed by atoms with Gasteiger partial charge in [-0.05, 0) is 54.4 Å². The summed E-state index contributed by atoms with van der Waals surface area (Å²) in [5, 5.41) is 5.47. The maximum Gasteiger partial charge on any atom is 0.188 e. The van der Waals surface area contributed by atoms with Gasteiger partial charge in [0.2, 0.25) is 0 Å². The van der Waals surface area contributed by atoms with E-state index in [0.29, 0.717) is 8.58 Å². The summed E-state index contributed by atoms with van der Waals surface area (Å²) in [4.78, 5) is 0. The van der Waals surface area contributed by atoms with E-state index in [1.807, 2.05) is 0 Å². The summed E-state index contributed by atoms with van der Waals surface area (Å²) in [7, 11) is 1.69. The summed E-state index contributed by atoms with van der Waals surface area (Å²) in [5.41, 5.74) is 3.90. The van der Waals surface area contributed by atoms with Gasteiger partial charge in [0.25, 0.3) is 0 Å². The molecule has 4 rings (SSSR count). The highest BCUT2D eigenvalue weighted by Gasteiger charge is 2.18. The van der Waals surface area contributed by atoms with Gasteiger partial charge in [-0.25, -0.2) is 0 Å². The summed E-state index contributed by atoms with van der Waals surface area (Å²) in [5.74, 6) is 0.945. The number of para-hydroxylation sites is 1. The molecule has 4 aromatic carbocycles. The van der Waals surface area contributed by atoms with E-state index >= 15 is 0 Å². The van der Waals surface area contributed by atoms with E-state index in [2.05, 4.69) is 111 Å². The molecule has 0 heterocycles. The normalized spacial score (nSPS) is 11.4. The Hall–Kier alpha value is -2.50. The minimum Gasteiger partial charge on any atom is -0.467 e. The number of aryl methyl sites for hydroxylation is 2. The molecule has 0 aliphatic rings. The fraction of sp³-hybridized carbons (Fsp3) is 0.172. The quantitative estimate of drug-likeness (QED) is 0.235. The van der Waals surface area contributed by atoms with Crippen LogP contribution in [0.15, 0.2) is 97.1 Å². The Morgan fingerprint density at radius 1 is 0.697 bits per heavy atom. The first-order valence-electron chi connectivity index (χ1n) is 11.1. The van der Waals surface area contributed by atoms with Crippen LogP contribution in [0.5, 0.6) is 5.75 Å². The predicted molar refractivity (Wildman–Crippen MR) is 145 cm³/mol. The van der Waals surface area contributed by atoms with Crippen LogP contribution < -0.4 is 26.0 Å². The molecule has 0 aromatic heterocycles. The summed E-state index contributed by atoms with van der Waals surface area (Å²) in [6.45, 7) is 4.59. The molecular formula is C29H30O2P2. The highest BCUT2D eigenvalue weighted by molar-refractivity contribution is 7.72. The number of hydrogen-bond donors (Lipinski definition) is 0. The Morgan fingerprint density at radius 3 is 1.94 bits per heavy atom. The number of rotatable bonds is 9. The molecular weight excluding hydrogens is 442 g/mol. The minimum atomic E-state index is -0.500. The lowest BCUT2D eigenvalue weighted by molar-refractivity contribution is 0.0514. The predicted octanol–water partition coefficient (Wildman–Crippen LogP) is 5.55. The van der Waals surface area contributed by atoms with E-state index in [1.54, 1.807) is 7.11 Å². The smallest absolute Gasteiger partial charge is 0.188 e. The number of hydrogen-bond acceptors (Lipinski definition) is 2. The van der Waals surface area contributed by atoms with Crippen LogP contribution in [0.1, 0.15) is 16.7 Å². The van der Waals surface area contributed by atoms with Gasteiger partial charge in [0, 0.05) is 18.6 Å². The van der Waals surface area contributed by atoms with Crippen molar-refractivity contribution in [2.45, 2.75) is 20.0 Å². The number of benzene rings is 4. The molecule has 0 fully saturated rings. The SMILES string of the molecule is COCOc1c(C)cccc1Pc1c(C)cccc1CP(c1ccccc1)c1ccccc1. The molecule has 1 atom stereocenters. The Kier molecular flexibility index (Phi) is 8.30. The van der Waals surface area contributed by atoms with Crippen LogP contribution in [0.4, 0.5) is 0 Å². The molecule has 0 radical (unpaired) electrons. The Morgan fingerprint density at radius 2 is 1.30 bits per heavy atom. The van der Waals surface area contributed by atoms with E-state index in [0.717, 1.165) is 17.5 Å². The zero-order valence-electron chi connectivity index (χ0n) is 19.4. The molecule has 0 aliphatic carbocycles. The van der Waals surface area contributed by atoms with E-state index in [1.165, 1.54) is 32.3 Å². The van der Waals surface area contributed by atoms with Crippen molar-refractivity contribution >= 4 is 37.7 Å². The zero-order valence-corrected chi connectivity index (χ0v) is 21.3. The van der Waals surface area contributed by atoms with Crippen molar-refractivity contribution < 1.29 is 9.47 Å². The fourth-order valence-corrected chi connectivity index (χ4v) is 7.88. The second-order valence-corrected chi connectivity index (χ2v) is 11.5. The van der Waals surface area contributed by atoms with Gasteiger partial charge in [-0.3, -0.25) is 0 Å². The average Bonchev–Trinajstić information content (AvgIpc) is 2.85. The average molecular weight is 473 g/mol. The van der Waals surface area contributed by atoms with Gasteiger partial charge in [-0.2, -0.15) is 0 Å². The van der Waals surface area contributed by atoms with Gasteiger partial charge < -0.3 is 9.47 Å². The molecule has 1 unspecified atom stereocenters. The lowest BCUT2D eigenvalue weighted by Gasteiger charge is -2.22. The third-order valence-electron chi connectivity index (χ3n) is 5.62. The third kappa shape index (κ3) is 5.90. The van der Waals surface area contributed by atoms with Crippen molar-refractivity contribution in [1.82, 2.24) is 0 Å². The van der Waals surface area contributed by atoms with Crippen LogP contribution >= 0.6 is 16.5 Å². The fourth-order valence-electron chi connectivity index (χ4n) is 3.95. The second-order valence-electron chi connectivity index (χ2n) is 7.99. The van der Waals surface area contributed by atoms with E-state index < -0.39 is 7.92 Å². The molecule has 0 bridgehead atoms. The first-order valence-corrected chi connectivity index (χ1v) is 13.6. The maximum atomic E-state index is 5.98. The van der Waals surface area contributed by atoms with Gasteiger partial charge in [-0.15, -0.1) is 0 Å². The summed E-state index contributed by atoms with van der Waals surface area (Å²) < 4.78 is 11.2. The van der Waals surface area contributed by atoms with Gasteiger partial charge >= 0.3 is 0 Å². The van der Waals surface area contributed by atoms with Gasteiger partial charge in [0.1, 0.15) is 5.75 Å². The first-order chi connectivity index (χ1) is 16.2. The topological polar surface area (TPSA) is 18.5 Å². The molecule has 0 amide bonds. The summed E-state index contributed by atoms with van der Waals surface area (Å²) in [6, 6.07) is 35.0. The van der Waals surface area contributed by atoms with E-state index in [9.17, 15) is 0 Å². The zero-order chi connectivity index (χ0) is 23.0. The molecule has 4 aromatic rings. The largest absolute Gasteiger partial charge is 0.467 e. The van der Waals surface area contributed by atoms with Crippen molar-refractivity contribution in [2.75, 3.05) is 13.9 Å². The van der Waals surface area contributed by atoms with Crippen molar-refractivity contribution in [3.63, 3.8) is 0 Å². The van der Waals surface area contributed by atoms with Crippen molar-refractivity contribution in [3.05, 3.63) is 114 Å². The number of methoxy groups -OCH3 is 1. The van der Waals surface area contributed by atoms with E-state index in [4.69, 9.17) is 9.47 Å². The first kappa shape index (κ1) is 23.7. The molecule has 2 nitrogen and oxygen atoms in total. The molecule has 4 heteroatoms. The standard InChI is InChI=1S/C29H30O2P2/c1-22-12-11-19-27(28(22)31-21-30-3)32-29-23(2)13-10-14-24(29)20-33(25-15-6-4-7-16-25)26-17-8-5-9-18-26/h4-19,32H,20-21H2,1-3H3. The van der Waals surface area contributed by atoms with Crippen molar-refractivity contribution in [1.29, 1.82) is 0 Å². The highest BCUT2D eigenvalue weighted by Crippen LogP contribution is 2.39. The maximum absolute atomic E-state index is 5.98. The van der Waals surface area contributed by atoms with Gasteiger partial charge in [-0.1, -0.05) is 106 Å². The molecule has 0 saturated heterocycles. The van der Waals surface area contributed by atoms with E-state index in [-0.39, 0.29) is 6.79 Å². The second kappa shape index (κ2) is 11.6. The van der Waals surface area contributed by atoms with Crippen LogP contribution in [-0.2, 0) is 10.9 Å². The summed E-state index contributed by atoms with van der Waals surface area (Å²) >= 11 is 0. The molecule has 0 spiro atoms. The van der Waals surface area contributed by atoms with Crippen molar-refractivity contribution in [2.24, 2.45) is 0 Å². The van der Waals surface area contributed by atoms with Crippen LogP contribution in [0.2, 0.25) is 0 Å². The van der Waals surface area contributed by atoms with Crippen molar-refractivity contribution in [3.8, 4) is 5.75 Å². The molecule has 0 aliphatic heterocycles. The lowest BCUT2D eigenvalue weighted by Crippen LogP contribution is -2.19. The lowest BCUT2D eigenvalue weighted by atomic mass is 10.1. The monoisotopic (exact) mass is 472 g/mol. The van der Waals surface area contributed by atoms with Crippen LogP contribution in [0.3, 0.4) is 0 Å². The Bertz CT molecular complexity index is 1140. The highest BCUT2D eigenvalue weighted by atomic mass is 31.1. The van der Waals surface area contributed by atoms with Gasteiger partial charge in [0.05, 0.1) is 0 Å². The van der Waals surface area contributed by atoms with Crippen LogP contribution in [0.25, 0.3) is 0 Å².